The molecule has 24 heavy (non-hydrogen) atoms. The summed E-state index contributed by atoms with van der Waals surface area (Å²) >= 11 is 5.98. The monoisotopic (exact) mass is 344 g/mol. The molecule has 0 N–H and O–H groups in total. The maximum absolute atomic E-state index is 13.6. The Morgan fingerprint density at radius 3 is 2.79 bits per heavy atom. The molecule has 0 spiro atoms. The zero-order valence-electron chi connectivity index (χ0n) is 12.7. The van der Waals surface area contributed by atoms with Crippen LogP contribution >= 0.6 is 11.6 Å². The van der Waals surface area contributed by atoms with Crippen LogP contribution in [-0.4, -0.2) is 21.5 Å². The average molecular weight is 345 g/mol. The first-order valence-corrected chi connectivity index (χ1v) is 8.04. The summed E-state index contributed by atoms with van der Waals surface area (Å²) in [5.41, 5.74) is 1.57. The fourth-order valence-electron chi connectivity index (χ4n) is 2.84. The quantitative estimate of drug-likeness (QED) is 0.706. The summed E-state index contributed by atoms with van der Waals surface area (Å²) in [5, 5.41) is 0.382. The molecule has 2 aromatic heterocycles. The van der Waals surface area contributed by atoms with Gasteiger partial charge in [0.25, 0.3) is 5.89 Å². The molecular formula is C17H14ClFN4O. The minimum Gasteiger partial charge on any atom is -0.438 e. The van der Waals surface area contributed by atoms with E-state index in [1.54, 1.807) is 24.5 Å². The van der Waals surface area contributed by atoms with Gasteiger partial charge in [0.05, 0.1) is 6.54 Å². The molecule has 4 rings (SSSR count). The normalized spacial score (nSPS) is 14.3. The van der Waals surface area contributed by atoms with Crippen molar-refractivity contribution in [2.24, 2.45) is 0 Å². The third-order valence-electron chi connectivity index (χ3n) is 3.92. The fourth-order valence-corrected chi connectivity index (χ4v) is 3.06. The van der Waals surface area contributed by atoms with Crippen LogP contribution in [0.1, 0.15) is 17.9 Å². The number of hydrogen-bond acceptors (Lipinski definition) is 5. The van der Waals surface area contributed by atoms with Crippen LogP contribution < -0.4 is 4.90 Å². The van der Waals surface area contributed by atoms with Crippen LogP contribution in [0.25, 0.3) is 11.7 Å². The first-order chi connectivity index (χ1) is 11.7. The van der Waals surface area contributed by atoms with Gasteiger partial charge in [-0.15, -0.1) is 0 Å². The van der Waals surface area contributed by atoms with Gasteiger partial charge in [-0.1, -0.05) is 11.6 Å². The van der Waals surface area contributed by atoms with Gasteiger partial charge < -0.3 is 9.32 Å². The Hall–Kier alpha value is -2.47. The Balaban J connectivity index is 1.66. The van der Waals surface area contributed by atoms with Gasteiger partial charge in [0.15, 0.2) is 0 Å². The number of halogens is 2. The third-order valence-corrected chi connectivity index (χ3v) is 4.14. The lowest BCUT2D eigenvalue weighted by atomic mass is 10.2. The molecule has 1 aliphatic rings. The molecule has 0 bridgehead atoms. The summed E-state index contributed by atoms with van der Waals surface area (Å²) in [6, 6.07) is 6.29. The van der Waals surface area contributed by atoms with Crippen LogP contribution in [0.3, 0.4) is 0 Å². The van der Waals surface area contributed by atoms with Gasteiger partial charge in [0.1, 0.15) is 17.3 Å². The third kappa shape index (κ3) is 2.97. The number of aromatic nitrogens is 3. The van der Waals surface area contributed by atoms with E-state index in [-0.39, 0.29) is 5.82 Å². The zero-order chi connectivity index (χ0) is 16.5. The Labute approximate surface area is 143 Å². The van der Waals surface area contributed by atoms with Crippen molar-refractivity contribution in [2.75, 3.05) is 11.4 Å². The van der Waals surface area contributed by atoms with Gasteiger partial charge >= 0.3 is 0 Å². The molecule has 122 valence electrons. The molecular weight excluding hydrogens is 331 g/mol. The van der Waals surface area contributed by atoms with Crippen molar-refractivity contribution in [2.45, 2.75) is 19.4 Å². The van der Waals surface area contributed by atoms with E-state index in [9.17, 15) is 4.39 Å². The topological polar surface area (TPSA) is 55.1 Å². The molecule has 3 aromatic rings. The number of rotatable bonds is 2. The molecule has 7 heteroatoms. The second-order valence-electron chi connectivity index (χ2n) is 5.61. The summed E-state index contributed by atoms with van der Waals surface area (Å²) in [4.78, 5) is 14.9. The van der Waals surface area contributed by atoms with Crippen LogP contribution in [0, 0.1) is 5.82 Å². The highest BCUT2D eigenvalue weighted by atomic mass is 35.5. The van der Waals surface area contributed by atoms with Gasteiger partial charge in [0, 0.05) is 36.1 Å². The van der Waals surface area contributed by atoms with E-state index < -0.39 is 0 Å². The Morgan fingerprint density at radius 1 is 1.17 bits per heavy atom. The van der Waals surface area contributed by atoms with E-state index >= 15 is 0 Å². The molecule has 0 amide bonds. The predicted molar refractivity (Wildman–Crippen MR) is 88.3 cm³/mol. The second kappa shape index (κ2) is 6.20. The zero-order valence-corrected chi connectivity index (χ0v) is 13.5. The molecule has 1 aliphatic heterocycles. The molecule has 0 unspecified atom stereocenters. The van der Waals surface area contributed by atoms with Crippen molar-refractivity contribution in [3.63, 3.8) is 0 Å². The molecule has 3 heterocycles. The van der Waals surface area contributed by atoms with Gasteiger partial charge in [-0.3, -0.25) is 0 Å². The van der Waals surface area contributed by atoms with Crippen molar-refractivity contribution in [1.29, 1.82) is 0 Å². The van der Waals surface area contributed by atoms with Crippen molar-refractivity contribution in [3.05, 3.63) is 59.0 Å². The van der Waals surface area contributed by atoms with Crippen molar-refractivity contribution < 1.29 is 8.81 Å². The molecule has 1 aromatic carbocycles. The minimum absolute atomic E-state index is 0.347. The molecule has 0 fully saturated rings. The SMILES string of the molecule is Fc1cc(Cl)cc(N2CCCc3oc(-c4ncccn4)nc3C2)c1. The number of fused-ring (bicyclic) bond motifs is 1. The molecule has 5 nitrogen and oxygen atoms in total. The maximum atomic E-state index is 13.6. The van der Waals surface area contributed by atoms with Crippen molar-refractivity contribution >= 4 is 17.3 Å². The lowest BCUT2D eigenvalue weighted by molar-refractivity contribution is 0.509. The summed E-state index contributed by atoms with van der Waals surface area (Å²) in [6.07, 6.45) is 4.96. The Kier molecular flexibility index (Phi) is 3.90. The predicted octanol–water partition coefficient (Wildman–Crippen LogP) is 3.88. The van der Waals surface area contributed by atoms with E-state index in [0.717, 1.165) is 36.5 Å². The van der Waals surface area contributed by atoms with Gasteiger partial charge in [-0.25, -0.2) is 19.3 Å². The van der Waals surface area contributed by atoms with Crippen LogP contribution in [0.5, 0.6) is 0 Å². The molecule has 0 saturated carbocycles. The van der Waals surface area contributed by atoms with E-state index in [0.29, 0.717) is 23.3 Å². The Morgan fingerprint density at radius 2 is 2.00 bits per heavy atom. The van der Waals surface area contributed by atoms with Gasteiger partial charge in [-0.05, 0) is 30.7 Å². The van der Waals surface area contributed by atoms with E-state index in [4.69, 9.17) is 16.0 Å². The van der Waals surface area contributed by atoms with E-state index in [1.807, 2.05) is 0 Å². The number of oxazole rings is 1. The molecule has 0 saturated heterocycles. The van der Waals surface area contributed by atoms with Gasteiger partial charge in [-0.2, -0.15) is 0 Å². The number of anilines is 1. The highest BCUT2D eigenvalue weighted by Crippen LogP contribution is 2.28. The number of benzene rings is 1. The van der Waals surface area contributed by atoms with E-state index in [1.165, 1.54) is 12.1 Å². The Bertz CT molecular complexity index is 848. The molecule has 0 aliphatic carbocycles. The number of hydrogen-bond donors (Lipinski definition) is 0. The first-order valence-electron chi connectivity index (χ1n) is 7.66. The maximum Gasteiger partial charge on any atom is 0.265 e. The van der Waals surface area contributed by atoms with Gasteiger partial charge in [0.2, 0.25) is 5.82 Å². The largest absolute Gasteiger partial charge is 0.438 e. The highest BCUT2D eigenvalue weighted by molar-refractivity contribution is 6.30. The summed E-state index contributed by atoms with van der Waals surface area (Å²) in [7, 11) is 0. The van der Waals surface area contributed by atoms with Crippen LogP contribution in [0.15, 0.2) is 41.1 Å². The number of nitrogens with zero attached hydrogens (tertiary/aromatic N) is 4. The second-order valence-corrected chi connectivity index (χ2v) is 6.05. The van der Waals surface area contributed by atoms with Crippen molar-refractivity contribution in [3.8, 4) is 11.7 Å². The lowest BCUT2D eigenvalue weighted by Gasteiger charge is -2.22. The van der Waals surface area contributed by atoms with E-state index in [2.05, 4.69) is 19.9 Å². The first kappa shape index (κ1) is 15.1. The summed E-state index contributed by atoms with van der Waals surface area (Å²) < 4.78 is 19.5. The lowest BCUT2D eigenvalue weighted by Crippen LogP contribution is -2.22. The van der Waals surface area contributed by atoms with Crippen LogP contribution in [-0.2, 0) is 13.0 Å². The standard InChI is InChI=1S/C17H14ClFN4O/c18-11-7-12(19)9-13(8-11)23-6-1-3-15-14(10-23)22-17(24-15)16-20-4-2-5-21-16/h2,4-5,7-9H,1,3,6,10H2. The summed E-state index contributed by atoms with van der Waals surface area (Å²) in [6.45, 7) is 1.31. The highest BCUT2D eigenvalue weighted by Gasteiger charge is 2.22. The molecule has 0 atom stereocenters. The average Bonchev–Trinajstić information content (AvgIpc) is 2.86. The fraction of sp³-hybridized carbons (Fsp3) is 0.235. The van der Waals surface area contributed by atoms with Crippen LogP contribution in [0.4, 0.5) is 10.1 Å². The van der Waals surface area contributed by atoms with Crippen molar-refractivity contribution in [1.82, 2.24) is 15.0 Å². The summed E-state index contributed by atoms with van der Waals surface area (Å²) in [5.74, 6) is 1.37. The minimum atomic E-state index is -0.347. The van der Waals surface area contributed by atoms with Crippen LogP contribution in [0.2, 0.25) is 5.02 Å². The molecule has 0 radical (unpaired) electrons. The number of aryl methyl sites for hydroxylation is 1. The smallest absolute Gasteiger partial charge is 0.265 e.